The van der Waals surface area contributed by atoms with Crippen molar-refractivity contribution in [3.8, 4) is 0 Å². The van der Waals surface area contributed by atoms with Gasteiger partial charge in [-0.2, -0.15) is 0 Å². The average molecular weight is 322 g/mol. The Morgan fingerprint density at radius 2 is 1.95 bits per heavy atom. The van der Waals surface area contributed by atoms with Crippen LogP contribution in [0.15, 0.2) is 46.9 Å². The van der Waals surface area contributed by atoms with Gasteiger partial charge in [0.25, 0.3) is 0 Å². The maximum Gasteiger partial charge on any atom is 0.137 e. The Kier molecular flexibility index (Phi) is 4.72. The third-order valence-electron chi connectivity index (χ3n) is 3.27. The molecule has 0 aliphatic carbocycles. The topological polar surface area (TPSA) is 12.0 Å². The van der Waals surface area contributed by atoms with Crippen molar-refractivity contribution in [1.82, 2.24) is 5.32 Å². The molecule has 0 aliphatic rings. The number of nitrogens with one attached hydrogen (secondary N) is 1. The smallest absolute Gasteiger partial charge is 0.137 e. The third-order valence-corrected chi connectivity index (χ3v) is 4.11. The van der Waals surface area contributed by atoms with Crippen LogP contribution in [0.1, 0.15) is 29.7 Å². The van der Waals surface area contributed by atoms with Crippen molar-refractivity contribution in [3.63, 3.8) is 0 Å². The fourth-order valence-electron chi connectivity index (χ4n) is 2.24. The minimum absolute atomic E-state index is 0.0171. The Morgan fingerprint density at radius 1 is 1.21 bits per heavy atom. The monoisotopic (exact) mass is 321 g/mol. The highest BCUT2D eigenvalue weighted by molar-refractivity contribution is 9.10. The predicted molar refractivity (Wildman–Crippen MR) is 80.8 cm³/mol. The van der Waals surface area contributed by atoms with Crippen LogP contribution in [-0.4, -0.2) is 7.05 Å². The van der Waals surface area contributed by atoms with Crippen LogP contribution in [0.25, 0.3) is 0 Å². The number of benzene rings is 2. The van der Waals surface area contributed by atoms with E-state index in [2.05, 4.69) is 46.4 Å². The lowest BCUT2D eigenvalue weighted by atomic mass is 9.96. The Hall–Kier alpha value is -1.19. The van der Waals surface area contributed by atoms with Crippen molar-refractivity contribution in [2.45, 2.75) is 19.4 Å². The van der Waals surface area contributed by atoms with E-state index in [9.17, 15) is 4.39 Å². The van der Waals surface area contributed by atoms with Crippen LogP contribution in [0.5, 0.6) is 0 Å². The van der Waals surface area contributed by atoms with Crippen molar-refractivity contribution in [2.24, 2.45) is 0 Å². The summed E-state index contributed by atoms with van der Waals surface area (Å²) < 4.78 is 14.2. The van der Waals surface area contributed by atoms with E-state index in [1.807, 2.05) is 19.2 Å². The molecule has 1 unspecified atom stereocenters. The first-order chi connectivity index (χ1) is 9.17. The van der Waals surface area contributed by atoms with Gasteiger partial charge in [0.15, 0.2) is 0 Å². The van der Waals surface area contributed by atoms with Gasteiger partial charge in [-0.1, -0.05) is 43.3 Å². The zero-order valence-corrected chi connectivity index (χ0v) is 12.7. The van der Waals surface area contributed by atoms with E-state index in [1.54, 1.807) is 6.07 Å². The number of hydrogen-bond acceptors (Lipinski definition) is 1. The van der Waals surface area contributed by atoms with Crippen molar-refractivity contribution >= 4 is 15.9 Å². The van der Waals surface area contributed by atoms with Gasteiger partial charge in [0, 0.05) is 0 Å². The summed E-state index contributed by atoms with van der Waals surface area (Å²) in [5, 5.41) is 3.26. The van der Waals surface area contributed by atoms with Crippen LogP contribution in [0.3, 0.4) is 0 Å². The Bertz CT molecular complexity index is 568. The van der Waals surface area contributed by atoms with Gasteiger partial charge in [-0.25, -0.2) is 4.39 Å². The predicted octanol–water partition coefficient (Wildman–Crippen LogP) is 4.46. The van der Waals surface area contributed by atoms with E-state index in [4.69, 9.17) is 0 Å². The highest BCUT2D eigenvalue weighted by Crippen LogP contribution is 2.30. The van der Waals surface area contributed by atoms with Crippen LogP contribution < -0.4 is 5.32 Å². The fourth-order valence-corrected chi connectivity index (χ4v) is 2.73. The van der Waals surface area contributed by atoms with Gasteiger partial charge >= 0.3 is 0 Å². The van der Waals surface area contributed by atoms with Gasteiger partial charge < -0.3 is 5.32 Å². The number of hydrogen-bond donors (Lipinski definition) is 1. The summed E-state index contributed by atoms with van der Waals surface area (Å²) in [6.07, 6.45) is 0.995. The molecule has 1 nitrogen and oxygen atoms in total. The summed E-state index contributed by atoms with van der Waals surface area (Å²) in [5.41, 5.74) is 3.34. The molecule has 1 atom stereocenters. The largest absolute Gasteiger partial charge is 0.309 e. The van der Waals surface area contributed by atoms with E-state index < -0.39 is 0 Å². The molecule has 0 amide bonds. The van der Waals surface area contributed by atoms with Crippen LogP contribution in [0.4, 0.5) is 4.39 Å². The lowest BCUT2D eigenvalue weighted by Crippen LogP contribution is -2.18. The van der Waals surface area contributed by atoms with Crippen LogP contribution in [-0.2, 0) is 6.42 Å². The number of halogens is 2. The van der Waals surface area contributed by atoms with Gasteiger partial charge in [0.2, 0.25) is 0 Å². The molecule has 0 radical (unpaired) electrons. The van der Waals surface area contributed by atoms with Gasteiger partial charge in [-0.15, -0.1) is 0 Å². The molecule has 100 valence electrons. The minimum Gasteiger partial charge on any atom is -0.309 e. The molecular formula is C16H17BrFN. The molecule has 0 aromatic heterocycles. The minimum atomic E-state index is -0.232. The first-order valence-corrected chi connectivity index (χ1v) is 7.16. The third kappa shape index (κ3) is 3.04. The molecule has 3 heteroatoms. The van der Waals surface area contributed by atoms with Crippen LogP contribution in [0.2, 0.25) is 0 Å². The average Bonchev–Trinajstić information content (AvgIpc) is 2.44. The van der Waals surface area contributed by atoms with Gasteiger partial charge in [-0.05, 0) is 52.2 Å². The first kappa shape index (κ1) is 14.2. The zero-order chi connectivity index (χ0) is 13.8. The van der Waals surface area contributed by atoms with Crippen molar-refractivity contribution in [2.75, 3.05) is 7.05 Å². The Morgan fingerprint density at radius 3 is 2.63 bits per heavy atom. The highest BCUT2D eigenvalue weighted by atomic mass is 79.9. The standard InChI is InChI=1S/C16H17BrFN/c1-3-11-6-4-7-12(10-11)16(19-2)13-8-5-9-14(18)15(13)17/h4-10,16,19H,3H2,1-2H3. The normalized spacial score (nSPS) is 12.4. The lowest BCUT2D eigenvalue weighted by Gasteiger charge is -2.19. The molecule has 1 N–H and O–H groups in total. The maximum atomic E-state index is 13.7. The summed E-state index contributed by atoms with van der Waals surface area (Å²) in [5.74, 6) is -0.232. The van der Waals surface area contributed by atoms with Gasteiger partial charge in [0.1, 0.15) is 5.82 Å². The van der Waals surface area contributed by atoms with Gasteiger partial charge in [0.05, 0.1) is 10.5 Å². The summed E-state index contributed by atoms with van der Waals surface area (Å²) in [7, 11) is 1.89. The molecule has 0 bridgehead atoms. The van der Waals surface area contributed by atoms with E-state index >= 15 is 0 Å². The SMILES string of the molecule is CCc1cccc(C(NC)c2cccc(F)c2Br)c1. The summed E-state index contributed by atoms with van der Waals surface area (Å²) in [4.78, 5) is 0. The number of rotatable bonds is 4. The molecule has 2 aromatic rings. The second kappa shape index (κ2) is 6.31. The highest BCUT2D eigenvalue weighted by Gasteiger charge is 2.17. The van der Waals surface area contributed by atoms with E-state index in [-0.39, 0.29) is 11.9 Å². The molecule has 19 heavy (non-hydrogen) atoms. The molecule has 0 aliphatic heterocycles. The fraction of sp³-hybridized carbons (Fsp3) is 0.250. The molecular weight excluding hydrogens is 305 g/mol. The number of aryl methyl sites for hydroxylation is 1. The molecule has 0 saturated heterocycles. The van der Waals surface area contributed by atoms with Crippen molar-refractivity contribution in [3.05, 3.63) is 69.4 Å². The lowest BCUT2D eigenvalue weighted by molar-refractivity contribution is 0.608. The molecule has 0 fully saturated rings. The summed E-state index contributed by atoms with van der Waals surface area (Å²) in [6.45, 7) is 2.13. The molecule has 2 aromatic carbocycles. The maximum absolute atomic E-state index is 13.7. The molecule has 2 rings (SSSR count). The van der Waals surface area contributed by atoms with E-state index in [0.717, 1.165) is 17.5 Å². The molecule has 0 spiro atoms. The van der Waals surface area contributed by atoms with Crippen LogP contribution >= 0.6 is 15.9 Å². The summed E-state index contributed by atoms with van der Waals surface area (Å²) >= 11 is 3.34. The van der Waals surface area contributed by atoms with E-state index in [1.165, 1.54) is 11.6 Å². The quantitative estimate of drug-likeness (QED) is 0.876. The Labute approximate surface area is 122 Å². The Balaban J connectivity index is 2.46. The van der Waals surface area contributed by atoms with Gasteiger partial charge in [-0.3, -0.25) is 0 Å². The van der Waals surface area contributed by atoms with Crippen molar-refractivity contribution < 1.29 is 4.39 Å². The molecule has 0 saturated carbocycles. The molecule has 0 heterocycles. The van der Waals surface area contributed by atoms with Crippen molar-refractivity contribution in [1.29, 1.82) is 0 Å². The second-order valence-electron chi connectivity index (χ2n) is 4.46. The van der Waals surface area contributed by atoms with E-state index in [0.29, 0.717) is 4.47 Å². The summed E-state index contributed by atoms with van der Waals surface area (Å²) in [6, 6.07) is 13.5. The van der Waals surface area contributed by atoms with Crippen LogP contribution in [0, 0.1) is 5.82 Å². The zero-order valence-electron chi connectivity index (χ0n) is 11.1. The first-order valence-electron chi connectivity index (χ1n) is 6.37. The second-order valence-corrected chi connectivity index (χ2v) is 5.26.